The van der Waals surface area contributed by atoms with Gasteiger partial charge in [-0.2, -0.15) is 0 Å². The van der Waals surface area contributed by atoms with Crippen LogP contribution in [0.3, 0.4) is 0 Å². The molecule has 0 unspecified atom stereocenters. The van der Waals surface area contributed by atoms with Crippen molar-refractivity contribution in [1.29, 1.82) is 0 Å². The number of hydrogen-bond donors (Lipinski definition) is 0. The van der Waals surface area contributed by atoms with Crippen LogP contribution in [0, 0.1) is 11.7 Å². The lowest BCUT2D eigenvalue weighted by Crippen LogP contribution is -2.23. The lowest BCUT2D eigenvalue weighted by atomic mass is 9.92. The third-order valence-electron chi connectivity index (χ3n) is 2.58. The lowest BCUT2D eigenvalue weighted by molar-refractivity contribution is 0.0544. The Morgan fingerprint density at radius 2 is 2.13 bits per heavy atom. The molecule has 0 saturated carbocycles. The van der Waals surface area contributed by atoms with Crippen molar-refractivity contribution in [2.75, 3.05) is 13.2 Å². The van der Waals surface area contributed by atoms with Crippen LogP contribution in [0.4, 0.5) is 4.39 Å². The van der Waals surface area contributed by atoms with Gasteiger partial charge in [0.25, 0.3) is 0 Å². The minimum absolute atomic E-state index is 0.0229. The number of Topliss-reactive ketones (excluding diaryl/α,β-unsaturated/α-hetero) is 1. The van der Waals surface area contributed by atoms with E-state index in [2.05, 4.69) is 4.98 Å². The maximum Gasteiger partial charge on any atom is 0.167 e. The first-order valence-electron chi connectivity index (χ1n) is 5.00. The topological polar surface area (TPSA) is 39.2 Å². The second-order valence-corrected chi connectivity index (χ2v) is 3.64. The molecule has 15 heavy (non-hydrogen) atoms. The van der Waals surface area contributed by atoms with Crippen LogP contribution in [0.15, 0.2) is 18.5 Å². The molecular weight excluding hydrogens is 197 g/mol. The van der Waals surface area contributed by atoms with E-state index in [1.165, 1.54) is 12.3 Å². The summed E-state index contributed by atoms with van der Waals surface area (Å²) in [5.74, 6) is -0.527. The molecule has 80 valence electrons. The van der Waals surface area contributed by atoms with Crippen LogP contribution < -0.4 is 0 Å². The molecule has 1 fully saturated rings. The molecule has 0 atom stereocenters. The normalized spacial score (nSPS) is 17.7. The largest absolute Gasteiger partial charge is 0.381 e. The van der Waals surface area contributed by atoms with Gasteiger partial charge >= 0.3 is 0 Å². The van der Waals surface area contributed by atoms with Gasteiger partial charge in [0.15, 0.2) is 5.78 Å². The smallest absolute Gasteiger partial charge is 0.167 e. The quantitative estimate of drug-likeness (QED) is 0.697. The monoisotopic (exact) mass is 209 g/mol. The van der Waals surface area contributed by atoms with E-state index in [0.29, 0.717) is 18.8 Å². The van der Waals surface area contributed by atoms with Crippen LogP contribution in [0.25, 0.3) is 0 Å². The Hall–Kier alpha value is -1.29. The first-order valence-corrected chi connectivity index (χ1v) is 5.00. The molecular formula is C11H12FNO2. The summed E-state index contributed by atoms with van der Waals surface area (Å²) in [6.45, 7) is 1.22. The van der Waals surface area contributed by atoms with Gasteiger partial charge in [0.05, 0.1) is 6.20 Å². The minimum Gasteiger partial charge on any atom is -0.381 e. The van der Waals surface area contributed by atoms with Gasteiger partial charge in [-0.25, -0.2) is 4.39 Å². The Morgan fingerprint density at radius 1 is 1.40 bits per heavy atom. The fraction of sp³-hybridized carbons (Fsp3) is 0.455. The van der Waals surface area contributed by atoms with Crippen molar-refractivity contribution >= 4 is 5.78 Å². The first-order chi connectivity index (χ1) is 7.27. The summed E-state index contributed by atoms with van der Waals surface area (Å²) < 4.78 is 18.0. The lowest BCUT2D eigenvalue weighted by Gasteiger charge is -2.20. The van der Waals surface area contributed by atoms with Gasteiger partial charge < -0.3 is 4.74 Å². The number of ether oxygens (including phenoxy) is 1. The molecule has 0 aliphatic carbocycles. The molecule has 3 nitrogen and oxygen atoms in total. The number of halogens is 1. The van der Waals surface area contributed by atoms with E-state index in [-0.39, 0.29) is 11.7 Å². The van der Waals surface area contributed by atoms with Crippen molar-refractivity contribution < 1.29 is 13.9 Å². The van der Waals surface area contributed by atoms with Gasteiger partial charge in [-0.3, -0.25) is 9.78 Å². The molecule has 0 radical (unpaired) electrons. The van der Waals surface area contributed by atoms with Crippen molar-refractivity contribution in [3.05, 3.63) is 29.8 Å². The number of carbonyl (C=O) groups excluding carboxylic acids is 1. The molecule has 0 N–H and O–H groups in total. The summed E-state index contributed by atoms with van der Waals surface area (Å²) >= 11 is 0. The Morgan fingerprint density at radius 3 is 2.80 bits per heavy atom. The van der Waals surface area contributed by atoms with E-state index in [0.717, 1.165) is 19.0 Å². The van der Waals surface area contributed by atoms with E-state index in [1.54, 1.807) is 0 Å². The highest BCUT2D eigenvalue weighted by Gasteiger charge is 2.23. The highest BCUT2D eigenvalue weighted by molar-refractivity contribution is 5.97. The standard InChI is InChI=1S/C11H12FNO2/c12-10-5-9(6-13-7-10)11(14)8-1-3-15-4-2-8/h5-8H,1-4H2. The maximum atomic E-state index is 12.9. The second kappa shape index (κ2) is 4.49. The van der Waals surface area contributed by atoms with E-state index in [4.69, 9.17) is 4.74 Å². The molecule has 1 saturated heterocycles. The molecule has 2 rings (SSSR count). The summed E-state index contributed by atoms with van der Waals surface area (Å²) in [6.07, 6.45) is 3.95. The third kappa shape index (κ3) is 2.39. The highest BCUT2D eigenvalue weighted by Crippen LogP contribution is 2.19. The zero-order valence-corrected chi connectivity index (χ0v) is 8.28. The zero-order chi connectivity index (χ0) is 10.7. The number of ketones is 1. The molecule has 1 aromatic heterocycles. The summed E-state index contributed by atoms with van der Waals surface area (Å²) in [7, 11) is 0. The summed E-state index contributed by atoms with van der Waals surface area (Å²) in [5, 5.41) is 0. The molecule has 4 heteroatoms. The fourth-order valence-electron chi connectivity index (χ4n) is 1.74. The number of hydrogen-bond acceptors (Lipinski definition) is 3. The average molecular weight is 209 g/mol. The molecule has 0 bridgehead atoms. The fourth-order valence-corrected chi connectivity index (χ4v) is 1.74. The number of rotatable bonds is 2. The third-order valence-corrected chi connectivity index (χ3v) is 2.58. The van der Waals surface area contributed by atoms with Crippen molar-refractivity contribution in [3.8, 4) is 0 Å². The molecule has 1 aromatic rings. The summed E-state index contributed by atoms with van der Waals surface area (Å²) in [5.41, 5.74) is 0.363. The van der Waals surface area contributed by atoms with E-state index >= 15 is 0 Å². The van der Waals surface area contributed by atoms with Crippen molar-refractivity contribution in [3.63, 3.8) is 0 Å². The second-order valence-electron chi connectivity index (χ2n) is 3.64. The minimum atomic E-state index is -0.465. The van der Waals surface area contributed by atoms with E-state index in [1.807, 2.05) is 0 Å². The Balaban J connectivity index is 2.12. The SMILES string of the molecule is O=C(c1cncc(F)c1)C1CCOCC1. The van der Waals surface area contributed by atoms with Gasteiger partial charge in [0, 0.05) is 30.9 Å². The molecule has 0 spiro atoms. The van der Waals surface area contributed by atoms with E-state index in [9.17, 15) is 9.18 Å². The Kier molecular flexibility index (Phi) is 3.06. The summed E-state index contributed by atoms with van der Waals surface area (Å²) in [4.78, 5) is 15.6. The van der Waals surface area contributed by atoms with Crippen LogP contribution in [0.1, 0.15) is 23.2 Å². The van der Waals surface area contributed by atoms with Crippen LogP contribution in [0.2, 0.25) is 0 Å². The van der Waals surface area contributed by atoms with Gasteiger partial charge in [-0.1, -0.05) is 0 Å². The Bertz CT molecular complexity index is 361. The van der Waals surface area contributed by atoms with Crippen molar-refractivity contribution in [2.24, 2.45) is 5.92 Å². The number of aromatic nitrogens is 1. The number of nitrogens with zero attached hydrogens (tertiary/aromatic N) is 1. The molecule has 2 heterocycles. The van der Waals surface area contributed by atoms with Gasteiger partial charge in [0.1, 0.15) is 5.82 Å². The highest BCUT2D eigenvalue weighted by atomic mass is 19.1. The van der Waals surface area contributed by atoms with Crippen molar-refractivity contribution in [1.82, 2.24) is 4.98 Å². The molecule has 0 amide bonds. The predicted molar refractivity (Wildman–Crippen MR) is 52.1 cm³/mol. The van der Waals surface area contributed by atoms with Crippen LogP contribution in [-0.2, 0) is 4.74 Å². The number of pyridine rings is 1. The van der Waals surface area contributed by atoms with Crippen LogP contribution >= 0.6 is 0 Å². The van der Waals surface area contributed by atoms with Gasteiger partial charge in [-0.05, 0) is 18.9 Å². The zero-order valence-electron chi connectivity index (χ0n) is 8.28. The first kappa shape index (κ1) is 10.2. The summed E-state index contributed by atoms with van der Waals surface area (Å²) in [6, 6.07) is 1.24. The maximum absolute atomic E-state index is 12.9. The van der Waals surface area contributed by atoms with Crippen LogP contribution in [0.5, 0.6) is 0 Å². The molecule has 1 aliphatic heterocycles. The van der Waals surface area contributed by atoms with Gasteiger partial charge in [-0.15, -0.1) is 0 Å². The van der Waals surface area contributed by atoms with Gasteiger partial charge in [0.2, 0.25) is 0 Å². The van der Waals surface area contributed by atoms with Crippen molar-refractivity contribution in [2.45, 2.75) is 12.8 Å². The molecule has 1 aliphatic rings. The number of carbonyl (C=O) groups is 1. The van der Waals surface area contributed by atoms with Crippen LogP contribution in [-0.4, -0.2) is 24.0 Å². The molecule has 0 aromatic carbocycles. The van der Waals surface area contributed by atoms with E-state index < -0.39 is 5.82 Å². The Labute approximate surface area is 87.3 Å². The average Bonchev–Trinajstić information content (AvgIpc) is 2.29. The predicted octanol–water partition coefficient (Wildman–Crippen LogP) is 1.83.